The zero-order valence-corrected chi connectivity index (χ0v) is 11.3. The Morgan fingerprint density at radius 3 is 2.58 bits per heavy atom. The summed E-state index contributed by atoms with van der Waals surface area (Å²) in [5, 5.41) is 12.5. The van der Waals surface area contributed by atoms with Crippen molar-refractivity contribution in [1.82, 2.24) is 5.32 Å². The molecular weight excluding hydrogens is 242 g/mol. The zero-order chi connectivity index (χ0) is 13.7. The number of ether oxygens (including phenoxy) is 1. The molecule has 1 fully saturated rings. The van der Waals surface area contributed by atoms with E-state index in [4.69, 9.17) is 4.74 Å². The fourth-order valence-electron chi connectivity index (χ4n) is 2.38. The molecule has 1 aromatic carbocycles. The van der Waals surface area contributed by atoms with Crippen LogP contribution in [0.25, 0.3) is 0 Å². The average molecular weight is 263 g/mol. The molecule has 1 heterocycles. The van der Waals surface area contributed by atoms with Gasteiger partial charge in [0.25, 0.3) is 0 Å². The molecule has 0 spiro atoms. The highest BCUT2D eigenvalue weighted by Gasteiger charge is 2.29. The average Bonchev–Trinajstić information content (AvgIpc) is 2.40. The Morgan fingerprint density at radius 2 is 2.00 bits per heavy atom. The van der Waals surface area contributed by atoms with Crippen molar-refractivity contribution < 1.29 is 14.6 Å². The first-order valence-corrected chi connectivity index (χ1v) is 6.70. The molecule has 2 N–H and O–H groups in total. The first kappa shape index (κ1) is 14.0. The van der Waals surface area contributed by atoms with E-state index in [0.717, 1.165) is 31.6 Å². The first-order chi connectivity index (χ1) is 9.11. The van der Waals surface area contributed by atoms with Gasteiger partial charge in [0, 0.05) is 19.8 Å². The van der Waals surface area contributed by atoms with E-state index >= 15 is 0 Å². The quantitative estimate of drug-likeness (QED) is 0.855. The molecule has 4 heteroatoms. The maximum absolute atomic E-state index is 11.4. The monoisotopic (exact) mass is 263 g/mol. The standard InChI is InChI=1S/C15H21NO3/c1-15(7-9-19-10-8-15)11-16-13(14(17)18)12-5-3-2-4-6-12/h2-6,13,16H,7-11H2,1H3,(H,17,18). The van der Waals surface area contributed by atoms with Crippen molar-refractivity contribution in [2.75, 3.05) is 19.8 Å². The lowest BCUT2D eigenvalue weighted by molar-refractivity contribution is -0.139. The van der Waals surface area contributed by atoms with Gasteiger partial charge in [0.05, 0.1) is 0 Å². The molecule has 1 saturated heterocycles. The minimum absolute atomic E-state index is 0.126. The van der Waals surface area contributed by atoms with Crippen LogP contribution in [0.3, 0.4) is 0 Å². The molecule has 1 atom stereocenters. The molecule has 1 aliphatic rings. The number of carboxylic acid groups (broad SMARTS) is 1. The number of rotatable bonds is 5. The van der Waals surface area contributed by atoms with Crippen molar-refractivity contribution in [3.63, 3.8) is 0 Å². The van der Waals surface area contributed by atoms with Gasteiger partial charge in [-0.25, -0.2) is 0 Å². The van der Waals surface area contributed by atoms with Gasteiger partial charge in [0.1, 0.15) is 6.04 Å². The van der Waals surface area contributed by atoms with E-state index in [9.17, 15) is 9.90 Å². The van der Waals surface area contributed by atoms with E-state index in [1.807, 2.05) is 30.3 Å². The van der Waals surface area contributed by atoms with Gasteiger partial charge in [-0.05, 0) is 23.8 Å². The van der Waals surface area contributed by atoms with Gasteiger partial charge in [0.2, 0.25) is 0 Å². The number of nitrogens with one attached hydrogen (secondary N) is 1. The Hall–Kier alpha value is -1.39. The largest absolute Gasteiger partial charge is 0.480 e. The highest BCUT2D eigenvalue weighted by atomic mass is 16.5. The van der Waals surface area contributed by atoms with E-state index in [1.165, 1.54) is 0 Å². The fraction of sp³-hybridized carbons (Fsp3) is 0.533. The summed E-state index contributed by atoms with van der Waals surface area (Å²) in [6.45, 7) is 4.41. The Labute approximate surface area is 113 Å². The van der Waals surface area contributed by atoms with Crippen LogP contribution in [-0.4, -0.2) is 30.8 Å². The van der Waals surface area contributed by atoms with Crippen LogP contribution in [0.1, 0.15) is 31.4 Å². The highest BCUT2D eigenvalue weighted by Crippen LogP contribution is 2.29. The molecule has 4 nitrogen and oxygen atoms in total. The Morgan fingerprint density at radius 1 is 1.37 bits per heavy atom. The van der Waals surface area contributed by atoms with E-state index in [0.29, 0.717) is 6.54 Å². The summed E-state index contributed by atoms with van der Waals surface area (Å²) in [5.74, 6) is -0.832. The van der Waals surface area contributed by atoms with E-state index in [1.54, 1.807) is 0 Å². The lowest BCUT2D eigenvalue weighted by Crippen LogP contribution is -2.40. The van der Waals surface area contributed by atoms with Crippen LogP contribution in [0.2, 0.25) is 0 Å². The molecule has 2 rings (SSSR count). The smallest absolute Gasteiger partial charge is 0.325 e. The van der Waals surface area contributed by atoms with Crippen LogP contribution < -0.4 is 5.32 Å². The van der Waals surface area contributed by atoms with Gasteiger partial charge in [-0.3, -0.25) is 4.79 Å². The fourth-order valence-corrected chi connectivity index (χ4v) is 2.38. The molecule has 0 radical (unpaired) electrons. The normalized spacial score (nSPS) is 19.8. The summed E-state index contributed by atoms with van der Waals surface area (Å²) < 4.78 is 5.36. The third-order valence-corrected chi connectivity index (χ3v) is 3.81. The lowest BCUT2D eigenvalue weighted by Gasteiger charge is -2.34. The van der Waals surface area contributed by atoms with Crippen molar-refractivity contribution in [2.24, 2.45) is 5.41 Å². The highest BCUT2D eigenvalue weighted by molar-refractivity contribution is 5.75. The first-order valence-electron chi connectivity index (χ1n) is 6.70. The molecule has 1 aromatic rings. The zero-order valence-electron chi connectivity index (χ0n) is 11.3. The van der Waals surface area contributed by atoms with Crippen LogP contribution >= 0.6 is 0 Å². The SMILES string of the molecule is CC1(CNC(C(=O)O)c2ccccc2)CCOCC1. The van der Waals surface area contributed by atoms with Crippen LogP contribution in [-0.2, 0) is 9.53 Å². The van der Waals surface area contributed by atoms with Crippen molar-refractivity contribution in [2.45, 2.75) is 25.8 Å². The Kier molecular flexibility index (Phi) is 4.56. The van der Waals surface area contributed by atoms with Gasteiger partial charge in [0.15, 0.2) is 0 Å². The van der Waals surface area contributed by atoms with Gasteiger partial charge in [-0.2, -0.15) is 0 Å². The van der Waals surface area contributed by atoms with E-state index in [-0.39, 0.29) is 5.41 Å². The maximum Gasteiger partial charge on any atom is 0.325 e. The van der Waals surface area contributed by atoms with Crippen LogP contribution in [0.15, 0.2) is 30.3 Å². The summed E-state index contributed by atoms with van der Waals surface area (Å²) in [6, 6.07) is 8.67. The predicted octanol–water partition coefficient (Wildman–Crippen LogP) is 2.22. The molecule has 1 unspecified atom stereocenters. The Bertz CT molecular complexity index is 413. The molecule has 19 heavy (non-hydrogen) atoms. The number of carboxylic acids is 1. The van der Waals surface area contributed by atoms with Gasteiger partial charge >= 0.3 is 5.97 Å². The molecule has 0 saturated carbocycles. The number of benzene rings is 1. The number of aliphatic carboxylic acids is 1. The van der Waals surface area contributed by atoms with E-state index < -0.39 is 12.0 Å². The van der Waals surface area contributed by atoms with Crippen molar-refractivity contribution in [1.29, 1.82) is 0 Å². The molecular formula is C15H21NO3. The minimum atomic E-state index is -0.832. The lowest BCUT2D eigenvalue weighted by atomic mass is 9.82. The summed E-state index contributed by atoms with van der Waals surface area (Å²) in [5.41, 5.74) is 0.923. The molecule has 0 aromatic heterocycles. The Balaban J connectivity index is 2.00. The van der Waals surface area contributed by atoms with Crippen molar-refractivity contribution >= 4 is 5.97 Å². The van der Waals surface area contributed by atoms with Gasteiger partial charge in [-0.1, -0.05) is 37.3 Å². The number of hydrogen-bond donors (Lipinski definition) is 2. The molecule has 0 aliphatic carbocycles. The van der Waals surface area contributed by atoms with Gasteiger partial charge in [-0.15, -0.1) is 0 Å². The van der Waals surface area contributed by atoms with Crippen LogP contribution in [0.4, 0.5) is 0 Å². The van der Waals surface area contributed by atoms with Crippen LogP contribution in [0.5, 0.6) is 0 Å². The maximum atomic E-state index is 11.4. The summed E-state index contributed by atoms with van der Waals surface area (Å²) in [4.78, 5) is 11.4. The summed E-state index contributed by atoms with van der Waals surface area (Å²) >= 11 is 0. The van der Waals surface area contributed by atoms with Crippen LogP contribution in [0, 0.1) is 5.41 Å². The van der Waals surface area contributed by atoms with Crippen molar-refractivity contribution in [3.8, 4) is 0 Å². The predicted molar refractivity (Wildman–Crippen MR) is 73.0 cm³/mol. The number of hydrogen-bond acceptors (Lipinski definition) is 3. The summed E-state index contributed by atoms with van der Waals surface area (Å²) in [7, 11) is 0. The third-order valence-electron chi connectivity index (χ3n) is 3.81. The summed E-state index contributed by atoms with van der Waals surface area (Å²) in [6.07, 6.45) is 1.95. The van der Waals surface area contributed by atoms with E-state index in [2.05, 4.69) is 12.2 Å². The number of carbonyl (C=O) groups is 1. The van der Waals surface area contributed by atoms with Gasteiger partial charge < -0.3 is 15.2 Å². The molecule has 0 amide bonds. The molecule has 0 bridgehead atoms. The molecule has 104 valence electrons. The second kappa shape index (κ2) is 6.17. The third kappa shape index (κ3) is 3.78. The molecule has 1 aliphatic heterocycles. The second-order valence-electron chi connectivity index (χ2n) is 5.49. The topological polar surface area (TPSA) is 58.6 Å². The second-order valence-corrected chi connectivity index (χ2v) is 5.49. The minimum Gasteiger partial charge on any atom is -0.480 e. The van der Waals surface area contributed by atoms with Crippen molar-refractivity contribution in [3.05, 3.63) is 35.9 Å².